The number of carbonyl (C=O) groups excluding carboxylic acids is 1. The normalized spacial score (nSPS) is 11.9. The highest BCUT2D eigenvalue weighted by molar-refractivity contribution is 8.00. The number of hydrogen-bond donors (Lipinski definition) is 2. The van der Waals surface area contributed by atoms with Crippen LogP contribution < -0.4 is 10.0 Å². The van der Waals surface area contributed by atoms with E-state index in [1.54, 1.807) is 23.9 Å². The number of anilines is 1. The molecule has 0 radical (unpaired) electrons. The molecule has 0 spiro atoms. The Morgan fingerprint density at radius 3 is 2.36 bits per heavy atom. The summed E-state index contributed by atoms with van der Waals surface area (Å²) < 4.78 is 27.7. The first-order chi connectivity index (χ1) is 13.0. The molecule has 2 aromatic carbocycles. The van der Waals surface area contributed by atoms with Gasteiger partial charge in [-0.1, -0.05) is 50.1 Å². The number of benzene rings is 2. The Labute approximate surface area is 176 Å². The highest BCUT2D eigenvalue weighted by Crippen LogP contribution is 2.24. The number of hydrogen-bond acceptors (Lipinski definition) is 4. The molecular weight excluding hydrogens is 416 g/mol. The molecule has 0 saturated heterocycles. The SMILES string of the molecule is Cc1ccc(S(=O)(=O)Nc2ccc(Cl)c(C(=O)NCCSC(C)(C)C)c2)cc1. The highest BCUT2D eigenvalue weighted by Gasteiger charge is 2.17. The lowest BCUT2D eigenvalue weighted by Gasteiger charge is -2.17. The van der Waals surface area contributed by atoms with Gasteiger partial charge in [0.05, 0.1) is 15.5 Å². The fourth-order valence-corrected chi connectivity index (χ4v) is 4.38. The fraction of sp³-hybridized carbons (Fsp3) is 0.350. The Kier molecular flexibility index (Phi) is 7.42. The Balaban J connectivity index is 2.10. The molecule has 0 fully saturated rings. The first-order valence-electron chi connectivity index (χ1n) is 8.79. The molecule has 2 aromatic rings. The van der Waals surface area contributed by atoms with Crippen molar-refractivity contribution in [2.24, 2.45) is 0 Å². The zero-order valence-corrected chi connectivity index (χ0v) is 18.8. The second-order valence-electron chi connectivity index (χ2n) is 7.33. The molecule has 0 heterocycles. The molecule has 0 bridgehead atoms. The van der Waals surface area contributed by atoms with Crippen LogP contribution >= 0.6 is 23.4 Å². The molecule has 0 unspecified atom stereocenters. The van der Waals surface area contributed by atoms with Crippen LogP contribution in [0.25, 0.3) is 0 Å². The van der Waals surface area contributed by atoms with E-state index in [4.69, 9.17) is 11.6 Å². The third kappa shape index (κ3) is 6.72. The molecule has 0 aliphatic rings. The van der Waals surface area contributed by atoms with Crippen LogP contribution in [0.5, 0.6) is 0 Å². The van der Waals surface area contributed by atoms with Gasteiger partial charge in [0, 0.05) is 22.7 Å². The van der Waals surface area contributed by atoms with Crippen molar-refractivity contribution in [3.63, 3.8) is 0 Å². The monoisotopic (exact) mass is 440 g/mol. The molecule has 5 nitrogen and oxygen atoms in total. The Morgan fingerprint density at radius 2 is 1.75 bits per heavy atom. The van der Waals surface area contributed by atoms with Crippen LogP contribution in [-0.2, 0) is 10.0 Å². The Hall–Kier alpha value is -1.70. The van der Waals surface area contributed by atoms with E-state index in [1.807, 2.05) is 6.92 Å². The smallest absolute Gasteiger partial charge is 0.261 e. The average Bonchev–Trinajstić information content (AvgIpc) is 2.59. The lowest BCUT2D eigenvalue weighted by atomic mass is 10.2. The molecule has 8 heteroatoms. The number of thioether (sulfide) groups is 1. The van der Waals surface area contributed by atoms with E-state index in [9.17, 15) is 13.2 Å². The quantitative estimate of drug-likeness (QED) is 0.611. The van der Waals surface area contributed by atoms with Crippen LogP contribution in [0.1, 0.15) is 36.7 Å². The van der Waals surface area contributed by atoms with Gasteiger partial charge in [-0.3, -0.25) is 9.52 Å². The van der Waals surface area contributed by atoms with Crippen molar-refractivity contribution in [3.05, 3.63) is 58.6 Å². The average molecular weight is 441 g/mol. The maximum atomic E-state index is 12.5. The zero-order chi connectivity index (χ0) is 20.9. The van der Waals surface area contributed by atoms with Crippen LogP contribution in [0.4, 0.5) is 5.69 Å². The number of aryl methyl sites for hydroxylation is 1. The summed E-state index contributed by atoms with van der Waals surface area (Å²) >= 11 is 7.88. The lowest BCUT2D eigenvalue weighted by Crippen LogP contribution is -2.27. The third-order valence-electron chi connectivity index (χ3n) is 3.72. The summed E-state index contributed by atoms with van der Waals surface area (Å²) in [6.45, 7) is 8.71. The molecule has 152 valence electrons. The summed E-state index contributed by atoms with van der Waals surface area (Å²) in [6, 6.07) is 11.0. The maximum Gasteiger partial charge on any atom is 0.261 e. The number of rotatable bonds is 7. The van der Waals surface area contributed by atoms with Crippen LogP contribution in [0.3, 0.4) is 0 Å². The maximum absolute atomic E-state index is 12.5. The van der Waals surface area contributed by atoms with E-state index in [0.717, 1.165) is 11.3 Å². The Bertz CT molecular complexity index is 937. The number of carbonyl (C=O) groups is 1. The van der Waals surface area contributed by atoms with Crippen molar-refractivity contribution in [2.75, 3.05) is 17.0 Å². The molecule has 2 rings (SSSR count). The van der Waals surface area contributed by atoms with Gasteiger partial charge in [-0.15, -0.1) is 0 Å². The third-order valence-corrected chi connectivity index (χ3v) is 6.72. The summed E-state index contributed by atoms with van der Waals surface area (Å²) in [5.41, 5.74) is 1.47. The minimum Gasteiger partial charge on any atom is -0.351 e. The van der Waals surface area contributed by atoms with Gasteiger partial charge in [-0.2, -0.15) is 11.8 Å². The highest BCUT2D eigenvalue weighted by atomic mass is 35.5. The molecule has 0 aromatic heterocycles. The summed E-state index contributed by atoms with van der Waals surface area (Å²) in [6.07, 6.45) is 0. The van der Waals surface area contributed by atoms with Crippen molar-refractivity contribution < 1.29 is 13.2 Å². The number of sulfonamides is 1. The van der Waals surface area contributed by atoms with Crippen molar-refractivity contribution in [2.45, 2.75) is 37.3 Å². The van der Waals surface area contributed by atoms with Gasteiger partial charge in [0.15, 0.2) is 0 Å². The van der Waals surface area contributed by atoms with Gasteiger partial charge in [-0.25, -0.2) is 8.42 Å². The molecule has 0 atom stereocenters. The van der Waals surface area contributed by atoms with E-state index in [0.29, 0.717) is 6.54 Å². The molecule has 1 amide bonds. The minimum absolute atomic E-state index is 0.122. The first kappa shape index (κ1) is 22.6. The van der Waals surface area contributed by atoms with E-state index >= 15 is 0 Å². The van der Waals surface area contributed by atoms with Crippen LogP contribution in [0, 0.1) is 6.92 Å². The Morgan fingerprint density at radius 1 is 1.11 bits per heavy atom. The predicted molar refractivity (Wildman–Crippen MR) is 118 cm³/mol. The van der Waals surface area contributed by atoms with Gasteiger partial charge in [-0.05, 0) is 37.3 Å². The lowest BCUT2D eigenvalue weighted by molar-refractivity contribution is 0.0956. The molecule has 0 saturated carbocycles. The topological polar surface area (TPSA) is 75.3 Å². The summed E-state index contributed by atoms with van der Waals surface area (Å²) in [4.78, 5) is 12.6. The molecule has 0 aliphatic heterocycles. The fourth-order valence-electron chi connectivity index (χ4n) is 2.31. The van der Waals surface area contributed by atoms with Crippen molar-refractivity contribution in [1.82, 2.24) is 5.32 Å². The van der Waals surface area contributed by atoms with Crippen LogP contribution in [0.2, 0.25) is 5.02 Å². The van der Waals surface area contributed by atoms with Gasteiger partial charge < -0.3 is 5.32 Å². The number of halogens is 1. The molecule has 0 aliphatic carbocycles. The number of amides is 1. The summed E-state index contributed by atoms with van der Waals surface area (Å²) in [5.74, 6) is 0.433. The summed E-state index contributed by atoms with van der Waals surface area (Å²) in [7, 11) is -3.75. The van der Waals surface area contributed by atoms with Crippen molar-refractivity contribution in [1.29, 1.82) is 0 Å². The van der Waals surface area contributed by atoms with Gasteiger partial charge >= 0.3 is 0 Å². The largest absolute Gasteiger partial charge is 0.351 e. The predicted octanol–water partition coefficient (Wildman–Crippen LogP) is 4.71. The van der Waals surface area contributed by atoms with Crippen molar-refractivity contribution in [3.8, 4) is 0 Å². The van der Waals surface area contributed by atoms with Crippen molar-refractivity contribution >= 4 is 45.0 Å². The summed E-state index contributed by atoms with van der Waals surface area (Å²) in [5, 5.41) is 3.08. The minimum atomic E-state index is -3.75. The van der Waals surface area contributed by atoms with Crippen LogP contribution in [0.15, 0.2) is 47.4 Å². The standard InChI is InChI=1S/C20H25ClN2O3S2/c1-14-5-8-16(9-6-14)28(25,26)23-15-7-10-18(21)17(13-15)19(24)22-11-12-27-20(2,3)4/h5-10,13,23H,11-12H2,1-4H3,(H,22,24). The van der Waals surface area contributed by atoms with E-state index < -0.39 is 10.0 Å². The number of nitrogens with one attached hydrogen (secondary N) is 2. The van der Waals surface area contributed by atoms with Gasteiger partial charge in [0.25, 0.3) is 15.9 Å². The second kappa shape index (κ2) is 9.20. The zero-order valence-electron chi connectivity index (χ0n) is 16.4. The van der Waals surface area contributed by atoms with E-state index in [1.165, 1.54) is 30.3 Å². The van der Waals surface area contributed by atoms with Crippen LogP contribution in [-0.4, -0.2) is 31.4 Å². The van der Waals surface area contributed by atoms with Gasteiger partial charge in [0.1, 0.15) is 0 Å². The first-order valence-corrected chi connectivity index (χ1v) is 11.6. The second-order valence-corrected chi connectivity index (χ2v) is 11.3. The van der Waals surface area contributed by atoms with E-state index in [-0.39, 0.29) is 31.8 Å². The molecular formula is C20H25ClN2O3S2. The molecule has 2 N–H and O–H groups in total. The van der Waals surface area contributed by atoms with Gasteiger partial charge in [0.2, 0.25) is 0 Å². The van der Waals surface area contributed by atoms with E-state index in [2.05, 4.69) is 30.8 Å². The molecule has 28 heavy (non-hydrogen) atoms.